The van der Waals surface area contributed by atoms with Gasteiger partial charge in [0.25, 0.3) is 0 Å². The molecule has 4 aromatic rings. The predicted octanol–water partition coefficient (Wildman–Crippen LogP) is 8.55. The maximum absolute atomic E-state index is 9.30. The van der Waals surface area contributed by atoms with Crippen molar-refractivity contribution in [1.82, 2.24) is 0 Å². The van der Waals surface area contributed by atoms with Gasteiger partial charge in [0.15, 0.2) is 0 Å². The van der Waals surface area contributed by atoms with E-state index in [2.05, 4.69) is 105 Å². The van der Waals surface area contributed by atoms with Gasteiger partial charge in [0, 0.05) is 11.4 Å². The minimum Gasteiger partial charge on any atom is -0.392 e. The summed E-state index contributed by atoms with van der Waals surface area (Å²) in [6.45, 7) is 6.59. The summed E-state index contributed by atoms with van der Waals surface area (Å²) < 4.78 is 0. The third kappa shape index (κ3) is 5.98. The number of nitrogens with zero attached hydrogens (tertiary/aromatic N) is 1. The van der Waals surface area contributed by atoms with Crippen LogP contribution in [0.3, 0.4) is 0 Å². The van der Waals surface area contributed by atoms with Crippen LogP contribution in [0.2, 0.25) is 0 Å². The molecule has 0 amide bonds. The molecule has 0 bridgehead atoms. The Morgan fingerprint density at radius 2 is 1.34 bits per heavy atom. The average molecular weight is 460 g/mol. The van der Waals surface area contributed by atoms with E-state index in [0.717, 1.165) is 34.5 Å². The molecule has 35 heavy (non-hydrogen) atoms. The lowest BCUT2D eigenvalue weighted by Crippen LogP contribution is -2.13. The van der Waals surface area contributed by atoms with Crippen LogP contribution in [0.15, 0.2) is 103 Å². The van der Waals surface area contributed by atoms with Crippen molar-refractivity contribution in [2.24, 2.45) is 0 Å². The van der Waals surface area contributed by atoms with Gasteiger partial charge < -0.3 is 10.0 Å². The first kappa shape index (κ1) is 24.3. The highest BCUT2D eigenvalue weighted by molar-refractivity contribution is 5.81. The van der Waals surface area contributed by atoms with Crippen LogP contribution in [0.25, 0.3) is 12.2 Å². The van der Waals surface area contributed by atoms with E-state index in [1.807, 2.05) is 36.4 Å². The molecular formula is C33H33NO. The standard InChI is InChI=1S/C33H33NO/c1-4-30-14-7-9-26(3)33(30)34(31-19-15-25(2)16-20-31)32-21-17-27(18-22-32)10-5-6-11-28-12-8-13-29(23-28)24-35/h5-23,35H,4,24H2,1-3H3/b10-5+,11-6+. The van der Waals surface area contributed by atoms with Crippen molar-refractivity contribution in [3.05, 3.63) is 137 Å². The molecule has 0 aliphatic heterocycles. The van der Waals surface area contributed by atoms with Gasteiger partial charge in [0.2, 0.25) is 0 Å². The SMILES string of the molecule is CCc1cccc(C)c1N(c1ccc(C)cc1)c1ccc(/C=C/C=C/c2cccc(CO)c2)cc1. The first-order valence-corrected chi connectivity index (χ1v) is 12.2. The molecule has 0 fully saturated rings. The number of anilines is 3. The molecule has 0 heterocycles. The summed E-state index contributed by atoms with van der Waals surface area (Å²) in [5.41, 5.74) is 10.6. The molecular weight excluding hydrogens is 426 g/mol. The minimum atomic E-state index is 0.0612. The Bertz CT molecular complexity index is 1310. The van der Waals surface area contributed by atoms with Crippen molar-refractivity contribution >= 4 is 29.2 Å². The molecule has 0 aromatic heterocycles. The molecule has 2 nitrogen and oxygen atoms in total. The van der Waals surface area contributed by atoms with Crippen LogP contribution in [-0.4, -0.2) is 5.11 Å². The predicted molar refractivity (Wildman–Crippen MR) is 150 cm³/mol. The maximum Gasteiger partial charge on any atom is 0.0682 e. The zero-order valence-electron chi connectivity index (χ0n) is 20.8. The Labute approximate surface area is 209 Å². The Morgan fingerprint density at radius 3 is 2.00 bits per heavy atom. The van der Waals surface area contributed by atoms with Crippen LogP contribution in [0, 0.1) is 13.8 Å². The molecule has 2 heteroatoms. The monoisotopic (exact) mass is 459 g/mol. The first-order chi connectivity index (χ1) is 17.1. The third-order valence-electron chi connectivity index (χ3n) is 6.19. The minimum absolute atomic E-state index is 0.0612. The summed E-state index contributed by atoms with van der Waals surface area (Å²) >= 11 is 0. The molecule has 0 radical (unpaired) electrons. The highest BCUT2D eigenvalue weighted by Gasteiger charge is 2.17. The summed E-state index contributed by atoms with van der Waals surface area (Å²) in [6.07, 6.45) is 9.22. The van der Waals surface area contributed by atoms with Gasteiger partial charge in [-0.15, -0.1) is 0 Å². The van der Waals surface area contributed by atoms with Crippen molar-refractivity contribution in [2.45, 2.75) is 33.8 Å². The Kier molecular flexibility index (Phi) is 7.97. The lowest BCUT2D eigenvalue weighted by Gasteiger charge is -2.29. The van der Waals surface area contributed by atoms with Crippen molar-refractivity contribution in [3.8, 4) is 0 Å². The van der Waals surface area contributed by atoms with Gasteiger partial charge in [0.05, 0.1) is 12.3 Å². The van der Waals surface area contributed by atoms with Gasteiger partial charge in [0.1, 0.15) is 0 Å². The number of aliphatic hydroxyl groups excluding tert-OH is 1. The summed E-state index contributed by atoms with van der Waals surface area (Å²) in [5.74, 6) is 0. The van der Waals surface area contributed by atoms with Gasteiger partial charge in [-0.05, 0) is 78.4 Å². The summed E-state index contributed by atoms with van der Waals surface area (Å²) in [4.78, 5) is 2.37. The lowest BCUT2D eigenvalue weighted by atomic mass is 10.0. The zero-order valence-corrected chi connectivity index (χ0v) is 20.8. The van der Waals surface area contributed by atoms with Crippen LogP contribution in [0.4, 0.5) is 17.1 Å². The molecule has 0 atom stereocenters. The van der Waals surface area contributed by atoms with Crippen LogP contribution in [0.5, 0.6) is 0 Å². The van der Waals surface area contributed by atoms with Crippen molar-refractivity contribution < 1.29 is 5.11 Å². The fraction of sp³-hybridized carbons (Fsp3) is 0.152. The Balaban J connectivity index is 1.61. The van der Waals surface area contributed by atoms with Gasteiger partial charge in [-0.1, -0.05) is 97.5 Å². The number of para-hydroxylation sites is 1. The number of rotatable bonds is 8. The van der Waals surface area contributed by atoms with E-state index in [-0.39, 0.29) is 6.61 Å². The molecule has 4 aromatic carbocycles. The van der Waals surface area contributed by atoms with E-state index >= 15 is 0 Å². The zero-order chi connectivity index (χ0) is 24.6. The van der Waals surface area contributed by atoms with E-state index in [4.69, 9.17) is 0 Å². The van der Waals surface area contributed by atoms with Crippen molar-refractivity contribution in [1.29, 1.82) is 0 Å². The Morgan fingerprint density at radius 1 is 0.714 bits per heavy atom. The molecule has 0 saturated heterocycles. The molecule has 0 aliphatic rings. The molecule has 0 aliphatic carbocycles. The molecule has 0 unspecified atom stereocenters. The fourth-order valence-electron chi connectivity index (χ4n) is 4.29. The average Bonchev–Trinajstić information content (AvgIpc) is 2.89. The number of hydrogen-bond acceptors (Lipinski definition) is 2. The quantitative estimate of drug-likeness (QED) is 0.267. The number of aryl methyl sites for hydroxylation is 3. The summed E-state index contributed by atoms with van der Waals surface area (Å²) in [5, 5.41) is 9.30. The molecule has 176 valence electrons. The van der Waals surface area contributed by atoms with Crippen molar-refractivity contribution in [2.75, 3.05) is 4.90 Å². The normalized spacial score (nSPS) is 11.4. The number of allylic oxidation sites excluding steroid dienone is 2. The second-order valence-corrected chi connectivity index (χ2v) is 8.82. The largest absolute Gasteiger partial charge is 0.392 e. The summed E-state index contributed by atoms with van der Waals surface area (Å²) in [6, 6.07) is 31.9. The van der Waals surface area contributed by atoms with E-state index in [9.17, 15) is 5.11 Å². The van der Waals surface area contributed by atoms with Crippen molar-refractivity contribution in [3.63, 3.8) is 0 Å². The van der Waals surface area contributed by atoms with Gasteiger partial charge >= 0.3 is 0 Å². The topological polar surface area (TPSA) is 23.5 Å². The smallest absolute Gasteiger partial charge is 0.0682 e. The van der Waals surface area contributed by atoms with Crippen LogP contribution in [-0.2, 0) is 13.0 Å². The Hall–Kier alpha value is -3.88. The van der Waals surface area contributed by atoms with Gasteiger partial charge in [-0.3, -0.25) is 0 Å². The van der Waals surface area contributed by atoms with E-state index in [1.54, 1.807) is 0 Å². The van der Waals surface area contributed by atoms with E-state index in [1.165, 1.54) is 22.4 Å². The van der Waals surface area contributed by atoms with Gasteiger partial charge in [-0.2, -0.15) is 0 Å². The van der Waals surface area contributed by atoms with E-state index in [0.29, 0.717) is 0 Å². The van der Waals surface area contributed by atoms with E-state index < -0.39 is 0 Å². The molecule has 4 rings (SSSR count). The number of aliphatic hydroxyl groups is 1. The highest BCUT2D eigenvalue weighted by Crippen LogP contribution is 2.39. The molecule has 0 saturated carbocycles. The summed E-state index contributed by atoms with van der Waals surface area (Å²) in [7, 11) is 0. The second kappa shape index (κ2) is 11.5. The fourth-order valence-corrected chi connectivity index (χ4v) is 4.29. The second-order valence-electron chi connectivity index (χ2n) is 8.82. The number of hydrogen-bond donors (Lipinski definition) is 1. The third-order valence-corrected chi connectivity index (χ3v) is 6.19. The molecule has 0 spiro atoms. The maximum atomic E-state index is 9.30. The molecule has 1 N–H and O–H groups in total. The number of benzene rings is 4. The van der Waals surface area contributed by atoms with Crippen LogP contribution >= 0.6 is 0 Å². The van der Waals surface area contributed by atoms with Gasteiger partial charge in [-0.25, -0.2) is 0 Å². The highest BCUT2D eigenvalue weighted by atomic mass is 16.3. The van der Waals surface area contributed by atoms with Crippen LogP contribution in [0.1, 0.15) is 40.3 Å². The van der Waals surface area contributed by atoms with Crippen LogP contribution < -0.4 is 4.90 Å². The lowest BCUT2D eigenvalue weighted by molar-refractivity contribution is 0.282. The first-order valence-electron chi connectivity index (χ1n) is 12.2.